The number of anilines is 1. The molecule has 1 aromatic rings. The predicted octanol–water partition coefficient (Wildman–Crippen LogP) is 2.72. The van der Waals surface area contributed by atoms with Gasteiger partial charge in [-0.25, -0.2) is 0 Å². The molecule has 0 saturated carbocycles. The van der Waals surface area contributed by atoms with Gasteiger partial charge in [-0.05, 0) is 12.1 Å². The van der Waals surface area contributed by atoms with Gasteiger partial charge in [0.1, 0.15) is 18.1 Å². The number of carbonyl (C=O) groups is 2. The van der Waals surface area contributed by atoms with Gasteiger partial charge < -0.3 is 15.2 Å². The summed E-state index contributed by atoms with van der Waals surface area (Å²) in [5.74, 6) is -3.04. The maximum atomic E-state index is 12.5. The Labute approximate surface area is 137 Å². The number of aliphatic carboxylic acids is 1. The summed E-state index contributed by atoms with van der Waals surface area (Å²) < 4.78 is 7.01. The Morgan fingerprint density at radius 3 is 2.19 bits per heavy atom. The highest BCUT2D eigenvalue weighted by Gasteiger charge is 2.58. The van der Waals surface area contributed by atoms with E-state index >= 15 is 0 Å². The van der Waals surface area contributed by atoms with E-state index in [1.54, 1.807) is 24.3 Å². The van der Waals surface area contributed by atoms with Crippen LogP contribution in [-0.4, -0.2) is 29.2 Å². The zero-order valence-electron chi connectivity index (χ0n) is 10.6. The van der Waals surface area contributed by atoms with Gasteiger partial charge in [0, 0.05) is 14.7 Å². The Morgan fingerprint density at radius 2 is 1.62 bits per heavy atom. The molecule has 1 saturated heterocycles. The van der Waals surface area contributed by atoms with Crippen LogP contribution in [0.4, 0.5) is 5.69 Å². The molecular weight excluding hydrogens is 406 g/mol. The molecule has 1 fully saturated rings. The van der Waals surface area contributed by atoms with Crippen LogP contribution in [0.3, 0.4) is 0 Å². The molecule has 1 aromatic carbocycles. The number of hydrogen-bond donors (Lipinski definition) is 2. The second kappa shape index (κ2) is 5.55. The number of ether oxygens (including phenoxy) is 1. The number of carboxylic acid groups (broad SMARTS) is 1. The lowest BCUT2D eigenvalue weighted by Crippen LogP contribution is -2.40. The molecular formula is C14H11Br2NO4. The molecule has 4 atom stereocenters. The van der Waals surface area contributed by atoms with Crippen molar-refractivity contribution in [2.75, 3.05) is 5.32 Å². The van der Waals surface area contributed by atoms with Gasteiger partial charge >= 0.3 is 5.97 Å². The Balaban J connectivity index is 1.87. The smallest absolute Gasteiger partial charge is 0.310 e. The van der Waals surface area contributed by atoms with E-state index in [1.165, 1.54) is 0 Å². The topological polar surface area (TPSA) is 75.6 Å². The van der Waals surface area contributed by atoms with Crippen molar-refractivity contribution < 1.29 is 19.4 Å². The Kier molecular flexibility index (Phi) is 3.90. The van der Waals surface area contributed by atoms with Gasteiger partial charge in [-0.1, -0.05) is 50.1 Å². The van der Waals surface area contributed by atoms with Crippen molar-refractivity contribution in [2.24, 2.45) is 11.8 Å². The fraction of sp³-hybridized carbons (Fsp3) is 0.286. The van der Waals surface area contributed by atoms with Crippen molar-refractivity contribution in [1.29, 1.82) is 0 Å². The number of para-hydroxylation sites is 1. The number of carbonyl (C=O) groups excluding carboxylic acids is 1. The molecule has 0 unspecified atom stereocenters. The molecule has 0 aliphatic carbocycles. The van der Waals surface area contributed by atoms with Crippen molar-refractivity contribution >= 4 is 49.4 Å². The molecule has 0 radical (unpaired) electrons. The van der Waals surface area contributed by atoms with E-state index in [-0.39, 0.29) is 5.91 Å². The van der Waals surface area contributed by atoms with Crippen molar-refractivity contribution in [3.05, 3.63) is 39.3 Å². The Hall–Kier alpha value is -1.18. The monoisotopic (exact) mass is 415 g/mol. The molecule has 21 heavy (non-hydrogen) atoms. The molecule has 3 rings (SSSR count). The van der Waals surface area contributed by atoms with E-state index in [1.807, 2.05) is 6.07 Å². The number of benzene rings is 1. The first-order chi connectivity index (χ1) is 10.0. The van der Waals surface area contributed by atoms with Gasteiger partial charge in [-0.3, -0.25) is 9.59 Å². The SMILES string of the molecule is O=C(O)[C@@H]1[C@@H](C(=O)Nc2ccccc2)[C@H]2O[C@H]1C(Br)=C2Br. The summed E-state index contributed by atoms with van der Waals surface area (Å²) >= 11 is 6.69. The standard InChI is InChI=1S/C14H11Br2NO4/c15-9-10(16)12-8(14(19)20)7(11(9)21-12)13(18)17-6-4-2-1-3-5-6/h1-5,7-8,11-12H,(H,17,18)(H,19,20)/t7-,8-,11-,12-/m1/s1. The molecule has 2 heterocycles. The molecule has 1 amide bonds. The lowest BCUT2D eigenvalue weighted by molar-refractivity contribution is -0.146. The number of rotatable bonds is 3. The summed E-state index contributed by atoms with van der Waals surface area (Å²) in [5, 5.41) is 12.2. The number of nitrogens with one attached hydrogen (secondary N) is 1. The summed E-state index contributed by atoms with van der Waals surface area (Å²) in [6, 6.07) is 8.94. The normalized spacial score (nSPS) is 30.6. The highest BCUT2D eigenvalue weighted by Crippen LogP contribution is 2.51. The maximum absolute atomic E-state index is 12.5. The quantitative estimate of drug-likeness (QED) is 0.794. The predicted molar refractivity (Wildman–Crippen MR) is 83.2 cm³/mol. The molecule has 2 N–H and O–H groups in total. The first-order valence-corrected chi connectivity index (χ1v) is 7.88. The third-order valence-electron chi connectivity index (χ3n) is 3.69. The lowest BCUT2D eigenvalue weighted by Gasteiger charge is -2.24. The molecule has 0 aromatic heterocycles. The van der Waals surface area contributed by atoms with E-state index in [0.717, 1.165) is 0 Å². The van der Waals surface area contributed by atoms with Crippen LogP contribution < -0.4 is 5.32 Å². The third kappa shape index (κ3) is 2.43. The van der Waals surface area contributed by atoms with Crippen molar-refractivity contribution in [3.63, 3.8) is 0 Å². The number of amides is 1. The van der Waals surface area contributed by atoms with Gasteiger partial charge in [0.05, 0.1) is 5.92 Å². The summed E-state index contributed by atoms with van der Waals surface area (Å²) in [6.45, 7) is 0. The van der Waals surface area contributed by atoms with E-state index in [2.05, 4.69) is 37.2 Å². The first kappa shape index (κ1) is 14.7. The highest BCUT2D eigenvalue weighted by molar-refractivity contribution is 9.14. The van der Waals surface area contributed by atoms with Crippen LogP contribution in [0.2, 0.25) is 0 Å². The molecule has 2 bridgehead atoms. The highest BCUT2D eigenvalue weighted by atomic mass is 79.9. The molecule has 110 valence electrons. The Morgan fingerprint density at radius 1 is 1.05 bits per heavy atom. The van der Waals surface area contributed by atoms with Gasteiger partial charge in [-0.2, -0.15) is 0 Å². The maximum Gasteiger partial charge on any atom is 0.310 e. The van der Waals surface area contributed by atoms with Crippen LogP contribution >= 0.6 is 31.9 Å². The zero-order valence-corrected chi connectivity index (χ0v) is 13.8. The minimum atomic E-state index is -1.03. The second-order valence-electron chi connectivity index (χ2n) is 4.92. The number of fused-ring (bicyclic) bond motifs is 2. The van der Waals surface area contributed by atoms with Crippen molar-refractivity contribution in [3.8, 4) is 0 Å². The van der Waals surface area contributed by atoms with Gasteiger partial charge in [-0.15, -0.1) is 0 Å². The van der Waals surface area contributed by atoms with Gasteiger partial charge in [0.15, 0.2) is 0 Å². The summed E-state index contributed by atoms with van der Waals surface area (Å²) in [5.41, 5.74) is 0.633. The number of carboxylic acids is 1. The van der Waals surface area contributed by atoms with Crippen LogP contribution in [0.15, 0.2) is 39.3 Å². The number of halogens is 2. The lowest BCUT2D eigenvalue weighted by atomic mass is 9.82. The van der Waals surface area contributed by atoms with Crippen LogP contribution in [0.1, 0.15) is 0 Å². The molecule has 0 spiro atoms. The Bertz CT molecular complexity index is 631. The van der Waals surface area contributed by atoms with Crippen LogP contribution in [0.5, 0.6) is 0 Å². The van der Waals surface area contributed by atoms with Crippen molar-refractivity contribution in [1.82, 2.24) is 0 Å². The largest absolute Gasteiger partial charge is 0.481 e. The summed E-state index contributed by atoms with van der Waals surface area (Å²) in [4.78, 5) is 24.0. The van der Waals surface area contributed by atoms with Gasteiger partial charge in [0.2, 0.25) is 5.91 Å². The fourth-order valence-electron chi connectivity index (χ4n) is 2.74. The van der Waals surface area contributed by atoms with Crippen LogP contribution in [0, 0.1) is 11.8 Å². The molecule has 2 aliphatic rings. The minimum Gasteiger partial charge on any atom is -0.481 e. The molecule has 7 heteroatoms. The van der Waals surface area contributed by atoms with E-state index in [4.69, 9.17) is 4.74 Å². The average Bonchev–Trinajstić information content (AvgIpc) is 2.98. The van der Waals surface area contributed by atoms with Gasteiger partial charge in [0.25, 0.3) is 0 Å². The van der Waals surface area contributed by atoms with E-state index in [9.17, 15) is 14.7 Å². The zero-order chi connectivity index (χ0) is 15.1. The van der Waals surface area contributed by atoms with Crippen LogP contribution in [0.25, 0.3) is 0 Å². The average molecular weight is 417 g/mol. The van der Waals surface area contributed by atoms with E-state index in [0.29, 0.717) is 14.7 Å². The first-order valence-electron chi connectivity index (χ1n) is 6.30. The fourth-order valence-corrected chi connectivity index (χ4v) is 3.98. The summed E-state index contributed by atoms with van der Waals surface area (Å²) in [6.07, 6.45) is -1.18. The molecule has 5 nitrogen and oxygen atoms in total. The molecule has 2 aliphatic heterocycles. The third-order valence-corrected chi connectivity index (χ3v) is 5.98. The minimum absolute atomic E-state index is 0.349. The van der Waals surface area contributed by atoms with E-state index < -0.39 is 30.0 Å². The van der Waals surface area contributed by atoms with Crippen molar-refractivity contribution in [2.45, 2.75) is 12.2 Å². The van der Waals surface area contributed by atoms with Crippen LogP contribution in [-0.2, 0) is 14.3 Å². The second-order valence-corrected chi connectivity index (χ2v) is 6.63. The summed E-state index contributed by atoms with van der Waals surface area (Å²) in [7, 11) is 0. The number of hydrogen-bond acceptors (Lipinski definition) is 3.